The maximum Gasteiger partial charge on any atom is 0.192 e. The van der Waals surface area contributed by atoms with Crippen molar-refractivity contribution in [3.8, 4) is 0 Å². The van der Waals surface area contributed by atoms with Crippen LogP contribution in [0.4, 0.5) is 10.1 Å². The predicted molar refractivity (Wildman–Crippen MR) is 45.4 cm³/mol. The molecule has 1 rings (SSSR count). The van der Waals surface area contributed by atoms with Crippen LogP contribution in [0, 0.1) is 5.82 Å². The molecule has 12 heavy (non-hydrogen) atoms. The van der Waals surface area contributed by atoms with Gasteiger partial charge in [0.25, 0.3) is 0 Å². The number of hydrogen-bond acceptors (Lipinski definition) is 2. The SMILES string of the molecule is CN=C(N)Nc1cncc(F)c1. The van der Waals surface area contributed by atoms with E-state index in [1.807, 2.05) is 0 Å². The second-order valence-electron chi connectivity index (χ2n) is 2.13. The summed E-state index contributed by atoms with van der Waals surface area (Å²) in [6, 6.07) is 1.28. The summed E-state index contributed by atoms with van der Waals surface area (Å²) >= 11 is 0. The first-order valence-corrected chi connectivity index (χ1v) is 3.32. The summed E-state index contributed by atoms with van der Waals surface area (Å²) in [5.41, 5.74) is 5.83. The number of hydrogen-bond donors (Lipinski definition) is 2. The molecule has 0 bridgehead atoms. The Kier molecular flexibility index (Phi) is 2.57. The Bertz CT molecular complexity index is 297. The van der Waals surface area contributed by atoms with Crippen molar-refractivity contribution in [2.75, 3.05) is 12.4 Å². The molecule has 0 aliphatic carbocycles. The van der Waals surface area contributed by atoms with E-state index in [0.717, 1.165) is 6.20 Å². The van der Waals surface area contributed by atoms with Gasteiger partial charge in [-0.2, -0.15) is 0 Å². The average molecular weight is 168 g/mol. The van der Waals surface area contributed by atoms with Gasteiger partial charge in [0.15, 0.2) is 5.96 Å². The third kappa shape index (κ3) is 2.19. The fourth-order valence-electron chi connectivity index (χ4n) is 0.684. The summed E-state index contributed by atoms with van der Waals surface area (Å²) in [5, 5.41) is 2.66. The van der Waals surface area contributed by atoms with Crippen molar-refractivity contribution in [2.45, 2.75) is 0 Å². The van der Waals surface area contributed by atoms with Gasteiger partial charge in [0.1, 0.15) is 5.82 Å². The summed E-state index contributed by atoms with van der Waals surface area (Å²) in [4.78, 5) is 7.27. The average Bonchev–Trinajstić information content (AvgIpc) is 2.04. The van der Waals surface area contributed by atoms with Gasteiger partial charge in [0, 0.05) is 13.1 Å². The van der Waals surface area contributed by atoms with Gasteiger partial charge in [-0.05, 0) is 0 Å². The zero-order valence-corrected chi connectivity index (χ0v) is 6.58. The zero-order valence-electron chi connectivity index (χ0n) is 6.58. The van der Waals surface area contributed by atoms with Crippen LogP contribution in [0.5, 0.6) is 0 Å². The lowest BCUT2D eigenvalue weighted by Crippen LogP contribution is -2.22. The van der Waals surface area contributed by atoms with Crippen LogP contribution in [0.2, 0.25) is 0 Å². The fourth-order valence-corrected chi connectivity index (χ4v) is 0.684. The Morgan fingerprint density at radius 2 is 2.42 bits per heavy atom. The summed E-state index contributed by atoms with van der Waals surface area (Å²) in [6.45, 7) is 0. The molecule has 0 amide bonds. The lowest BCUT2D eigenvalue weighted by atomic mass is 10.4. The minimum absolute atomic E-state index is 0.224. The van der Waals surface area contributed by atoms with Crippen LogP contribution in [0.3, 0.4) is 0 Å². The highest BCUT2D eigenvalue weighted by Crippen LogP contribution is 2.05. The minimum atomic E-state index is -0.413. The highest BCUT2D eigenvalue weighted by molar-refractivity contribution is 5.91. The molecule has 0 unspecified atom stereocenters. The normalized spacial score (nSPS) is 11.3. The molecule has 1 aromatic rings. The first-order valence-electron chi connectivity index (χ1n) is 3.32. The molecule has 1 heterocycles. The molecule has 0 fully saturated rings. The predicted octanol–water partition coefficient (Wildman–Crippen LogP) is 0.577. The second-order valence-corrected chi connectivity index (χ2v) is 2.13. The monoisotopic (exact) mass is 168 g/mol. The van der Waals surface area contributed by atoms with Crippen LogP contribution in [-0.2, 0) is 0 Å². The van der Waals surface area contributed by atoms with E-state index in [4.69, 9.17) is 5.73 Å². The van der Waals surface area contributed by atoms with Crippen molar-refractivity contribution >= 4 is 11.6 Å². The zero-order chi connectivity index (χ0) is 8.97. The number of aromatic nitrogens is 1. The summed E-state index contributed by atoms with van der Waals surface area (Å²) in [7, 11) is 1.54. The van der Waals surface area contributed by atoms with Gasteiger partial charge in [-0.1, -0.05) is 0 Å². The summed E-state index contributed by atoms with van der Waals surface area (Å²) in [5.74, 6) is -0.189. The third-order valence-corrected chi connectivity index (χ3v) is 1.22. The van der Waals surface area contributed by atoms with E-state index < -0.39 is 5.82 Å². The summed E-state index contributed by atoms with van der Waals surface area (Å²) in [6.07, 6.45) is 2.57. The molecule has 0 spiro atoms. The number of aliphatic imine (C=N–C) groups is 1. The molecule has 4 nitrogen and oxygen atoms in total. The Hall–Kier alpha value is -1.65. The lowest BCUT2D eigenvalue weighted by molar-refractivity contribution is 0.622. The number of nitrogens with zero attached hydrogens (tertiary/aromatic N) is 2. The highest BCUT2D eigenvalue weighted by atomic mass is 19.1. The van der Waals surface area contributed by atoms with Crippen molar-refractivity contribution < 1.29 is 4.39 Å². The number of rotatable bonds is 1. The number of pyridine rings is 1. The van der Waals surface area contributed by atoms with E-state index in [1.54, 1.807) is 0 Å². The molecule has 64 valence electrons. The number of halogens is 1. The Morgan fingerprint density at radius 1 is 1.67 bits per heavy atom. The van der Waals surface area contributed by atoms with E-state index in [-0.39, 0.29) is 5.96 Å². The molecular formula is C7H9FN4. The first-order chi connectivity index (χ1) is 5.72. The Labute approximate surface area is 69.3 Å². The molecule has 5 heteroatoms. The van der Waals surface area contributed by atoms with Crippen molar-refractivity contribution in [1.82, 2.24) is 4.98 Å². The molecule has 0 saturated carbocycles. The van der Waals surface area contributed by atoms with Crippen LogP contribution in [0.1, 0.15) is 0 Å². The van der Waals surface area contributed by atoms with Gasteiger partial charge >= 0.3 is 0 Å². The lowest BCUT2D eigenvalue weighted by Gasteiger charge is -2.02. The molecule has 0 aliphatic rings. The second kappa shape index (κ2) is 3.66. The smallest absolute Gasteiger partial charge is 0.192 e. The van der Waals surface area contributed by atoms with Gasteiger partial charge < -0.3 is 11.1 Å². The molecular weight excluding hydrogens is 159 g/mol. The summed E-state index contributed by atoms with van der Waals surface area (Å²) < 4.78 is 12.5. The maximum atomic E-state index is 12.5. The van der Waals surface area contributed by atoms with Crippen molar-refractivity contribution in [3.63, 3.8) is 0 Å². The van der Waals surface area contributed by atoms with E-state index in [0.29, 0.717) is 5.69 Å². The first kappa shape index (κ1) is 8.45. The molecule has 1 aromatic heterocycles. The fraction of sp³-hybridized carbons (Fsp3) is 0.143. The quantitative estimate of drug-likeness (QED) is 0.476. The third-order valence-electron chi connectivity index (χ3n) is 1.22. The number of anilines is 1. The topological polar surface area (TPSA) is 63.3 Å². The number of guanidine groups is 1. The standard InChI is InChI=1S/C7H9FN4/c1-10-7(9)12-6-2-5(8)3-11-4-6/h2-4H,1H3,(H3,9,10,12). The highest BCUT2D eigenvalue weighted by Gasteiger charge is 1.95. The van der Waals surface area contributed by atoms with E-state index in [2.05, 4.69) is 15.3 Å². The van der Waals surface area contributed by atoms with Gasteiger partial charge in [-0.3, -0.25) is 9.98 Å². The Morgan fingerprint density at radius 3 is 3.00 bits per heavy atom. The van der Waals surface area contributed by atoms with Crippen LogP contribution < -0.4 is 11.1 Å². The number of nitrogens with one attached hydrogen (secondary N) is 1. The molecule has 0 aromatic carbocycles. The van der Waals surface area contributed by atoms with Crippen molar-refractivity contribution in [2.24, 2.45) is 10.7 Å². The largest absolute Gasteiger partial charge is 0.370 e. The molecule has 0 aliphatic heterocycles. The van der Waals surface area contributed by atoms with Gasteiger partial charge in [-0.15, -0.1) is 0 Å². The van der Waals surface area contributed by atoms with E-state index >= 15 is 0 Å². The van der Waals surface area contributed by atoms with E-state index in [9.17, 15) is 4.39 Å². The van der Waals surface area contributed by atoms with E-state index in [1.165, 1.54) is 19.3 Å². The van der Waals surface area contributed by atoms with Crippen LogP contribution >= 0.6 is 0 Å². The minimum Gasteiger partial charge on any atom is -0.370 e. The van der Waals surface area contributed by atoms with Crippen LogP contribution in [0.15, 0.2) is 23.5 Å². The molecule has 0 saturated heterocycles. The van der Waals surface area contributed by atoms with Crippen molar-refractivity contribution in [1.29, 1.82) is 0 Å². The van der Waals surface area contributed by atoms with Crippen molar-refractivity contribution in [3.05, 3.63) is 24.3 Å². The number of nitrogens with two attached hydrogens (primary N) is 1. The molecule has 0 radical (unpaired) electrons. The maximum absolute atomic E-state index is 12.5. The van der Waals surface area contributed by atoms with Gasteiger partial charge in [-0.25, -0.2) is 4.39 Å². The van der Waals surface area contributed by atoms with Crippen LogP contribution in [-0.4, -0.2) is 18.0 Å². The molecule has 0 atom stereocenters. The van der Waals surface area contributed by atoms with Gasteiger partial charge in [0.2, 0.25) is 0 Å². The van der Waals surface area contributed by atoms with Crippen LogP contribution in [0.25, 0.3) is 0 Å². The Balaban J connectivity index is 2.76. The molecule has 3 N–H and O–H groups in total. The van der Waals surface area contributed by atoms with Gasteiger partial charge in [0.05, 0.1) is 18.1 Å².